The zero-order valence-electron chi connectivity index (χ0n) is 5.37. The van der Waals surface area contributed by atoms with Gasteiger partial charge in [0.2, 0.25) is 0 Å². The van der Waals surface area contributed by atoms with Crippen molar-refractivity contribution in [1.29, 1.82) is 0 Å². The van der Waals surface area contributed by atoms with Gasteiger partial charge >= 0.3 is 0 Å². The number of nitrogens with zero attached hydrogens (tertiary/aromatic N) is 1. The van der Waals surface area contributed by atoms with Crippen LogP contribution >= 0.6 is 0 Å². The Kier molecular flexibility index (Phi) is 1.84. The van der Waals surface area contributed by atoms with Gasteiger partial charge in [-0.3, -0.25) is 14.9 Å². The third-order valence-electron chi connectivity index (χ3n) is 1.22. The third-order valence-corrected chi connectivity index (χ3v) is 1.22. The zero-order valence-corrected chi connectivity index (χ0v) is 5.37. The van der Waals surface area contributed by atoms with Crippen LogP contribution in [0, 0.1) is 10.1 Å². The molecule has 0 aromatic carbocycles. The van der Waals surface area contributed by atoms with Gasteiger partial charge < -0.3 is 5.32 Å². The Morgan fingerprint density at radius 2 is 2.30 bits per heavy atom. The van der Waals surface area contributed by atoms with Crippen molar-refractivity contribution in [2.75, 3.05) is 6.54 Å². The highest BCUT2D eigenvalue weighted by Crippen LogP contribution is 2.18. The predicted octanol–water partition coefficient (Wildman–Crippen LogP) is -0.458. The van der Waals surface area contributed by atoms with Crippen molar-refractivity contribution >= 4 is 5.91 Å². The van der Waals surface area contributed by atoms with Gasteiger partial charge in [0.25, 0.3) is 12.5 Å². The largest absolute Gasteiger partial charge is 0.348 e. The van der Waals surface area contributed by atoms with Crippen molar-refractivity contribution in [3.8, 4) is 0 Å². The fraction of sp³-hybridized carbons (Fsp3) is 0.800. The van der Waals surface area contributed by atoms with Gasteiger partial charge in [0.15, 0.2) is 0 Å². The van der Waals surface area contributed by atoms with Crippen LogP contribution in [0.15, 0.2) is 0 Å². The maximum Gasteiger partial charge on any atom is 0.291 e. The number of amides is 1. The standard InChI is InChI=1S/C5H8N2O3/c8-5(3-7(9)10)6-4-1-2-4/h4H,1-3H2,(H,6,8). The van der Waals surface area contributed by atoms with Crippen molar-refractivity contribution in [3.63, 3.8) is 0 Å². The van der Waals surface area contributed by atoms with E-state index in [9.17, 15) is 14.9 Å². The quantitative estimate of drug-likeness (QED) is 0.430. The predicted molar refractivity (Wildman–Crippen MR) is 33.0 cm³/mol. The Morgan fingerprint density at radius 1 is 1.70 bits per heavy atom. The molecule has 0 unspecified atom stereocenters. The van der Waals surface area contributed by atoms with Crippen molar-refractivity contribution in [3.05, 3.63) is 10.1 Å². The molecule has 1 rings (SSSR count). The molecule has 10 heavy (non-hydrogen) atoms. The number of rotatable bonds is 3. The molecule has 0 heterocycles. The number of nitrogens with one attached hydrogen (secondary N) is 1. The summed E-state index contributed by atoms with van der Waals surface area (Å²) in [5.41, 5.74) is 0. The highest BCUT2D eigenvalue weighted by Gasteiger charge is 2.24. The fourth-order valence-corrected chi connectivity index (χ4v) is 0.618. The molecule has 1 aliphatic rings. The molecule has 0 aromatic heterocycles. The summed E-state index contributed by atoms with van der Waals surface area (Å²) >= 11 is 0. The smallest absolute Gasteiger partial charge is 0.291 e. The van der Waals surface area contributed by atoms with E-state index < -0.39 is 17.4 Å². The first-order valence-corrected chi connectivity index (χ1v) is 3.09. The summed E-state index contributed by atoms with van der Waals surface area (Å²) in [6.07, 6.45) is 1.92. The van der Waals surface area contributed by atoms with E-state index in [1.54, 1.807) is 0 Å². The van der Waals surface area contributed by atoms with E-state index >= 15 is 0 Å². The molecule has 0 spiro atoms. The van der Waals surface area contributed by atoms with Crippen LogP contribution in [0.2, 0.25) is 0 Å². The molecule has 1 saturated carbocycles. The SMILES string of the molecule is O=C(C[N+](=O)[O-])NC1CC1. The van der Waals surface area contributed by atoms with E-state index in [1.165, 1.54) is 0 Å². The Bertz CT molecular complexity index is 164. The molecule has 5 heteroatoms. The minimum Gasteiger partial charge on any atom is -0.348 e. The Balaban J connectivity index is 2.14. The average molecular weight is 144 g/mol. The highest BCUT2D eigenvalue weighted by molar-refractivity contribution is 5.77. The van der Waals surface area contributed by atoms with Crippen LogP contribution in [-0.2, 0) is 4.79 Å². The van der Waals surface area contributed by atoms with Crippen LogP contribution < -0.4 is 5.32 Å². The van der Waals surface area contributed by atoms with Crippen LogP contribution in [0.3, 0.4) is 0 Å². The van der Waals surface area contributed by atoms with Crippen LogP contribution in [0.25, 0.3) is 0 Å². The summed E-state index contributed by atoms with van der Waals surface area (Å²) in [4.78, 5) is 19.7. The molecule has 1 fully saturated rings. The molecule has 0 radical (unpaired) electrons. The monoisotopic (exact) mass is 144 g/mol. The van der Waals surface area contributed by atoms with Crippen LogP contribution in [0.1, 0.15) is 12.8 Å². The highest BCUT2D eigenvalue weighted by atomic mass is 16.6. The maximum absolute atomic E-state index is 10.6. The van der Waals surface area contributed by atoms with Gasteiger partial charge in [0.1, 0.15) is 0 Å². The Hall–Kier alpha value is -1.13. The van der Waals surface area contributed by atoms with Crippen molar-refractivity contribution < 1.29 is 9.72 Å². The molecule has 1 N–H and O–H groups in total. The molecule has 0 atom stereocenters. The van der Waals surface area contributed by atoms with E-state index in [4.69, 9.17) is 0 Å². The normalized spacial score (nSPS) is 16.4. The Morgan fingerprint density at radius 3 is 2.70 bits per heavy atom. The number of carbonyl (C=O) groups excluding carboxylic acids is 1. The summed E-state index contributed by atoms with van der Waals surface area (Å²) in [5, 5.41) is 12.3. The van der Waals surface area contributed by atoms with Crippen LogP contribution in [0.5, 0.6) is 0 Å². The minimum absolute atomic E-state index is 0.215. The number of carbonyl (C=O) groups is 1. The average Bonchev–Trinajstić information content (AvgIpc) is 2.46. The molecule has 1 amide bonds. The lowest BCUT2D eigenvalue weighted by Crippen LogP contribution is -2.31. The van der Waals surface area contributed by atoms with Crippen LogP contribution in [-0.4, -0.2) is 23.4 Å². The summed E-state index contributed by atoms with van der Waals surface area (Å²) < 4.78 is 0. The second kappa shape index (κ2) is 2.64. The summed E-state index contributed by atoms with van der Waals surface area (Å²) in [5.74, 6) is -0.479. The lowest BCUT2D eigenvalue weighted by atomic mass is 10.5. The van der Waals surface area contributed by atoms with Gasteiger partial charge in [0, 0.05) is 11.0 Å². The molecule has 1 aliphatic carbocycles. The third kappa shape index (κ3) is 2.43. The van der Waals surface area contributed by atoms with Gasteiger partial charge in [-0.2, -0.15) is 0 Å². The van der Waals surface area contributed by atoms with Gasteiger partial charge in [-0.1, -0.05) is 0 Å². The first kappa shape index (κ1) is 6.98. The van der Waals surface area contributed by atoms with E-state index in [2.05, 4.69) is 5.32 Å². The Labute approximate surface area is 57.6 Å². The number of hydrogen-bond acceptors (Lipinski definition) is 3. The van der Waals surface area contributed by atoms with E-state index in [0.29, 0.717) is 0 Å². The summed E-state index contributed by atoms with van der Waals surface area (Å²) in [6.45, 7) is -0.601. The first-order chi connectivity index (χ1) is 4.68. The molecule has 0 aliphatic heterocycles. The maximum atomic E-state index is 10.6. The van der Waals surface area contributed by atoms with Crippen molar-refractivity contribution in [2.24, 2.45) is 0 Å². The van der Waals surface area contributed by atoms with E-state index in [0.717, 1.165) is 12.8 Å². The van der Waals surface area contributed by atoms with Gasteiger partial charge in [-0.15, -0.1) is 0 Å². The molecule has 56 valence electrons. The first-order valence-electron chi connectivity index (χ1n) is 3.09. The van der Waals surface area contributed by atoms with Crippen molar-refractivity contribution in [2.45, 2.75) is 18.9 Å². The zero-order chi connectivity index (χ0) is 7.56. The topological polar surface area (TPSA) is 72.2 Å². The lowest BCUT2D eigenvalue weighted by Gasteiger charge is -1.95. The molecule has 0 bridgehead atoms. The van der Waals surface area contributed by atoms with Gasteiger partial charge in [-0.25, -0.2) is 0 Å². The molecular weight excluding hydrogens is 136 g/mol. The second-order valence-corrected chi connectivity index (χ2v) is 2.33. The molecule has 0 saturated heterocycles. The molecular formula is C5H8N2O3. The minimum atomic E-state index is -0.627. The van der Waals surface area contributed by atoms with Crippen LogP contribution in [0.4, 0.5) is 0 Å². The lowest BCUT2D eigenvalue weighted by molar-refractivity contribution is -0.467. The summed E-state index contributed by atoms with van der Waals surface area (Å²) in [6, 6.07) is 0.215. The van der Waals surface area contributed by atoms with E-state index in [1.807, 2.05) is 0 Å². The number of hydrogen-bond donors (Lipinski definition) is 1. The summed E-state index contributed by atoms with van der Waals surface area (Å²) in [7, 11) is 0. The van der Waals surface area contributed by atoms with Crippen molar-refractivity contribution in [1.82, 2.24) is 5.32 Å². The van der Waals surface area contributed by atoms with Gasteiger partial charge in [0.05, 0.1) is 0 Å². The molecule has 5 nitrogen and oxygen atoms in total. The number of nitro groups is 1. The fourth-order valence-electron chi connectivity index (χ4n) is 0.618. The second-order valence-electron chi connectivity index (χ2n) is 2.33. The molecule has 0 aromatic rings. The van der Waals surface area contributed by atoms with Gasteiger partial charge in [-0.05, 0) is 12.8 Å². The van der Waals surface area contributed by atoms with E-state index in [-0.39, 0.29) is 6.04 Å².